The van der Waals surface area contributed by atoms with Gasteiger partial charge in [0.25, 0.3) is 17.5 Å². The Kier molecular flexibility index (Phi) is 4.37. The molecular formula is C17H12BrN3O4. The molecule has 25 heavy (non-hydrogen) atoms. The first-order valence-corrected chi connectivity index (χ1v) is 8.04. The van der Waals surface area contributed by atoms with Crippen molar-refractivity contribution in [1.29, 1.82) is 0 Å². The molecule has 0 atom stereocenters. The predicted octanol–water partition coefficient (Wildman–Crippen LogP) is 3.15. The topological polar surface area (TPSA) is 101 Å². The van der Waals surface area contributed by atoms with Gasteiger partial charge in [-0.05, 0) is 30.2 Å². The van der Waals surface area contributed by atoms with Gasteiger partial charge in [0.15, 0.2) is 0 Å². The van der Waals surface area contributed by atoms with E-state index in [1.807, 2.05) is 13.0 Å². The Bertz CT molecular complexity index is 953. The molecule has 0 saturated heterocycles. The average molecular weight is 402 g/mol. The number of hydrogen-bond acceptors (Lipinski definition) is 5. The van der Waals surface area contributed by atoms with Crippen LogP contribution in [0.15, 0.2) is 52.6 Å². The maximum atomic E-state index is 12.2. The van der Waals surface area contributed by atoms with Crippen LogP contribution in [-0.4, -0.2) is 16.7 Å². The minimum atomic E-state index is -0.598. The van der Waals surface area contributed by atoms with Crippen LogP contribution in [0.1, 0.15) is 11.1 Å². The van der Waals surface area contributed by atoms with Crippen LogP contribution in [-0.2, 0) is 9.59 Å². The van der Waals surface area contributed by atoms with Gasteiger partial charge >= 0.3 is 0 Å². The van der Waals surface area contributed by atoms with Crippen molar-refractivity contribution in [3.05, 3.63) is 73.9 Å². The molecule has 8 heteroatoms. The number of nitrogens with zero attached hydrogens (tertiary/aromatic N) is 1. The third-order valence-corrected chi connectivity index (χ3v) is 4.57. The molecule has 0 bridgehead atoms. The number of amides is 2. The molecule has 126 valence electrons. The Morgan fingerprint density at radius 2 is 1.88 bits per heavy atom. The lowest BCUT2D eigenvalue weighted by molar-refractivity contribution is -0.384. The van der Waals surface area contributed by atoms with Gasteiger partial charge in [-0.1, -0.05) is 34.1 Å². The maximum Gasteiger partial charge on any atom is 0.275 e. The van der Waals surface area contributed by atoms with Gasteiger partial charge in [-0.2, -0.15) is 0 Å². The first-order chi connectivity index (χ1) is 11.9. The smallest absolute Gasteiger partial charge is 0.275 e. The number of benzene rings is 2. The summed E-state index contributed by atoms with van der Waals surface area (Å²) in [4.78, 5) is 34.7. The molecule has 1 aliphatic rings. The summed E-state index contributed by atoms with van der Waals surface area (Å²) in [6, 6.07) is 11.0. The molecule has 0 spiro atoms. The third-order valence-electron chi connectivity index (χ3n) is 3.72. The molecule has 3 rings (SSSR count). The zero-order valence-corrected chi connectivity index (χ0v) is 14.6. The average Bonchev–Trinajstić information content (AvgIpc) is 2.85. The number of anilines is 1. The number of hydrogen-bond donors (Lipinski definition) is 2. The molecule has 7 nitrogen and oxygen atoms in total. The molecule has 2 N–H and O–H groups in total. The Morgan fingerprint density at radius 3 is 2.56 bits per heavy atom. The first-order valence-electron chi connectivity index (χ1n) is 7.25. The van der Waals surface area contributed by atoms with E-state index in [-0.39, 0.29) is 17.0 Å². The zero-order chi connectivity index (χ0) is 18.1. The number of halogens is 1. The van der Waals surface area contributed by atoms with E-state index in [0.717, 1.165) is 10.0 Å². The predicted molar refractivity (Wildman–Crippen MR) is 95.7 cm³/mol. The van der Waals surface area contributed by atoms with Crippen LogP contribution in [0, 0.1) is 17.0 Å². The summed E-state index contributed by atoms with van der Waals surface area (Å²) in [6.45, 7) is 1.92. The van der Waals surface area contributed by atoms with Crippen LogP contribution in [0.2, 0.25) is 0 Å². The van der Waals surface area contributed by atoms with Gasteiger partial charge in [-0.15, -0.1) is 0 Å². The Morgan fingerprint density at radius 1 is 1.12 bits per heavy atom. The third kappa shape index (κ3) is 3.29. The van der Waals surface area contributed by atoms with Crippen molar-refractivity contribution in [2.75, 3.05) is 5.32 Å². The maximum absolute atomic E-state index is 12.2. The minimum absolute atomic E-state index is 0.0567. The number of imide groups is 1. The van der Waals surface area contributed by atoms with E-state index >= 15 is 0 Å². The number of aryl methyl sites for hydroxylation is 1. The van der Waals surface area contributed by atoms with Crippen molar-refractivity contribution in [3.63, 3.8) is 0 Å². The molecular weight excluding hydrogens is 390 g/mol. The summed E-state index contributed by atoms with van der Waals surface area (Å²) >= 11 is 3.41. The molecule has 0 unspecified atom stereocenters. The second-order valence-electron chi connectivity index (χ2n) is 5.43. The van der Waals surface area contributed by atoms with Crippen LogP contribution >= 0.6 is 15.9 Å². The van der Waals surface area contributed by atoms with Crippen molar-refractivity contribution >= 4 is 44.7 Å². The number of rotatable bonds is 4. The summed E-state index contributed by atoms with van der Waals surface area (Å²) < 4.78 is 0.847. The van der Waals surface area contributed by atoms with Crippen LogP contribution in [0.25, 0.3) is 5.57 Å². The summed E-state index contributed by atoms with van der Waals surface area (Å²) in [5.41, 5.74) is 1.90. The summed E-state index contributed by atoms with van der Waals surface area (Å²) in [5.74, 6) is -1.18. The number of nitro groups is 1. The molecule has 2 aromatic carbocycles. The quantitative estimate of drug-likeness (QED) is 0.465. The van der Waals surface area contributed by atoms with Gasteiger partial charge in [0.05, 0.1) is 10.5 Å². The van der Waals surface area contributed by atoms with E-state index < -0.39 is 16.7 Å². The molecule has 0 fully saturated rings. The fourth-order valence-electron chi connectivity index (χ4n) is 2.44. The standard InChI is InChI=1S/C17H12BrN3O4/c1-9-5-6-11(8-13(9)18)19-15-14(16(22)20-17(15)23)10-3-2-4-12(7-10)21(24)25/h2-8H,1H3,(H2,19,20,22,23). The number of carbonyl (C=O) groups is 2. The van der Waals surface area contributed by atoms with Crippen LogP contribution < -0.4 is 10.6 Å². The van der Waals surface area contributed by atoms with Crippen molar-refractivity contribution in [1.82, 2.24) is 5.32 Å². The van der Waals surface area contributed by atoms with Gasteiger partial charge in [0, 0.05) is 22.3 Å². The van der Waals surface area contributed by atoms with Crippen molar-refractivity contribution in [2.24, 2.45) is 0 Å². The molecule has 2 aromatic rings. The second-order valence-corrected chi connectivity index (χ2v) is 6.28. The first kappa shape index (κ1) is 16.8. The monoisotopic (exact) mass is 401 g/mol. The number of non-ortho nitro benzene ring substituents is 1. The molecule has 0 saturated carbocycles. The van der Waals surface area contributed by atoms with Gasteiger partial charge in [-0.25, -0.2) is 0 Å². The van der Waals surface area contributed by atoms with E-state index in [0.29, 0.717) is 11.3 Å². The van der Waals surface area contributed by atoms with Gasteiger partial charge in [0.1, 0.15) is 5.70 Å². The van der Waals surface area contributed by atoms with E-state index in [2.05, 4.69) is 26.6 Å². The minimum Gasteiger partial charge on any atom is -0.350 e. The van der Waals surface area contributed by atoms with Crippen molar-refractivity contribution in [2.45, 2.75) is 6.92 Å². The van der Waals surface area contributed by atoms with Crippen LogP contribution in [0.3, 0.4) is 0 Å². The van der Waals surface area contributed by atoms with Crippen LogP contribution in [0.5, 0.6) is 0 Å². The molecule has 0 radical (unpaired) electrons. The molecule has 0 aromatic heterocycles. The second kappa shape index (κ2) is 6.48. The summed E-state index contributed by atoms with van der Waals surface area (Å²) in [7, 11) is 0. The van der Waals surface area contributed by atoms with E-state index in [1.165, 1.54) is 18.2 Å². The fourth-order valence-corrected chi connectivity index (χ4v) is 2.82. The number of nitro benzene ring substituents is 1. The van der Waals surface area contributed by atoms with Crippen LogP contribution in [0.4, 0.5) is 11.4 Å². The normalized spacial score (nSPS) is 13.8. The summed E-state index contributed by atoms with van der Waals surface area (Å²) in [6.07, 6.45) is 0. The highest BCUT2D eigenvalue weighted by Crippen LogP contribution is 2.29. The van der Waals surface area contributed by atoms with Crippen molar-refractivity contribution in [3.8, 4) is 0 Å². The fraction of sp³-hybridized carbons (Fsp3) is 0.0588. The molecule has 1 aliphatic heterocycles. The highest BCUT2D eigenvalue weighted by atomic mass is 79.9. The highest BCUT2D eigenvalue weighted by Gasteiger charge is 2.32. The molecule has 1 heterocycles. The Balaban J connectivity index is 2.07. The SMILES string of the molecule is Cc1ccc(NC2=C(c3cccc([N+](=O)[O-])c3)C(=O)NC2=O)cc1Br. The highest BCUT2D eigenvalue weighted by molar-refractivity contribution is 9.10. The van der Waals surface area contributed by atoms with Crippen molar-refractivity contribution < 1.29 is 14.5 Å². The number of nitrogens with one attached hydrogen (secondary N) is 2. The zero-order valence-electron chi connectivity index (χ0n) is 13.0. The van der Waals surface area contributed by atoms with Gasteiger partial charge < -0.3 is 5.32 Å². The summed E-state index contributed by atoms with van der Waals surface area (Å²) in [5, 5.41) is 16.1. The Hall–Kier alpha value is -3.00. The lowest BCUT2D eigenvalue weighted by Gasteiger charge is -2.09. The van der Waals surface area contributed by atoms with E-state index in [4.69, 9.17) is 0 Å². The van der Waals surface area contributed by atoms with E-state index in [1.54, 1.807) is 18.2 Å². The number of carbonyl (C=O) groups excluding carboxylic acids is 2. The molecule has 0 aliphatic carbocycles. The largest absolute Gasteiger partial charge is 0.350 e. The Labute approximate surface area is 151 Å². The van der Waals surface area contributed by atoms with Gasteiger partial charge in [-0.3, -0.25) is 25.0 Å². The molecule has 2 amide bonds. The van der Waals surface area contributed by atoms with E-state index in [9.17, 15) is 19.7 Å². The van der Waals surface area contributed by atoms with Gasteiger partial charge in [0.2, 0.25) is 0 Å². The lowest BCUT2D eigenvalue weighted by Crippen LogP contribution is -2.24. The lowest BCUT2D eigenvalue weighted by atomic mass is 10.0.